The highest BCUT2D eigenvalue weighted by atomic mass is 32.2. The molecule has 3 rings (SSSR count). The molecule has 0 saturated heterocycles. The smallest absolute Gasteiger partial charge is 0.255 e. The van der Waals surface area contributed by atoms with Gasteiger partial charge in [0.25, 0.3) is 5.56 Å². The summed E-state index contributed by atoms with van der Waals surface area (Å²) in [7, 11) is -3.37. The topological polar surface area (TPSA) is 82.2 Å². The molecule has 128 valence electrons. The van der Waals surface area contributed by atoms with E-state index in [0.29, 0.717) is 5.69 Å². The first-order valence-corrected chi connectivity index (χ1v) is 9.89. The summed E-state index contributed by atoms with van der Waals surface area (Å²) in [6.45, 7) is 0. The van der Waals surface area contributed by atoms with Gasteiger partial charge in [-0.25, -0.2) is 8.42 Å². The Morgan fingerprint density at radius 2 is 1.75 bits per heavy atom. The number of benzene rings is 1. The van der Waals surface area contributed by atoms with E-state index < -0.39 is 9.84 Å². The van der Waals surface area contributed by atoms with Gasteiger partial charge in [-0.3, -0.25) is 9.36 Å². The monoisotopic (exact) mass is 346 g/mol. The third-order valence-corrected chi connectivity index (χ3v) is 6.56. The zero-order valence-corrected chi connectivity index (χ0v) is 14.3. The molecular formula is C18H22N2O3S. The van der Waals surface area contributed by atoms with E-state index in [0.717, 1.165) is 25.7 Å². The summed E-state index contributed by atoms with van der Waals surface area (Å²) in [6, 6.07) is 11.3. The molecule has 2 aromatic rings. The summed E-state index contributed by atoms with van der Waals surface area (Å²) in [4.78, 5) is 12.1. The Morgan fingerprint density at radius 3 is 2.42 bits per heavy atom. The molecule has 0 radical (unpaired) electrons. The van der Waals surface area contributed by atoms with Gasteiger partial charge in [0.05, 0.1) is 10.6 Å². The van der Waals surface area contributed by atoms with Crippen molar-refractivity contribution in [2.75, 3.05) is 5.75 Å². The molecule has 2 N–H and O–H groups in total. The Kier molecular flexibility index (Phi) is 4.87. The van der Waals surface area contributed by atoms with Gasteiger partial charge in [0.15, 0.2) is 9.84 Å². The minimum Gasteiger partial charge on any atom is -0.327 e. The molecular weight excluding hydrogens is 324 g/mol. The SMILES string of the molecule is N[C@H]1CCCC[C@H]1CS(=O)(=O)c1ccc(-n2ccccc2=O)cc1. The van der Waals surface area contributed by atoms with Crippen molar-refractivity contribution in [3.63, 3.8) is 0 Å². The predicted molar refractivity (Wildman–Crippen MR) is 94.0 cm³/mol. The molecule has 24 heavy (non-hydrogen) atoms. The molecule has 0 amide bonds. The number of hydrogen-bond donors (Lipinski definition) is 1. The van der Waals surface area contributed by atoms with Crippen molar-refractivity contribution in [3.8, 4) is 5.69 Å². The van der Waals surface area contributed by atoms with Crippen LogP contribution in [0, 0.1) is 5.92 Å². The lowest BCUT2D eigenvalue weighted by Gasteiger charge is -2.28. The zero-order chi connectivity index (χ0) is 17.2. The molecule has 1 saturated carbocycles. The second kappa shape index (κ2) is 6.91. The largest absolute Gasteiger partial charge is 0.327 e. The van der Waals surface area contributed by atoms with Crippen LogP contribution in [0.3, 0.4) is 0 Å². The maximum Gasteiger partial charge on any atom is 0.255 e. The number of aromatic nitrogens is 1. The summed E-state index contributed by atoms with van der Waals surface area (Å²) in [5, 5.41) is 0. The van der Waals surface area contributed by atoms with Crippen molar-refractivity contribution in [2.24, 2.45) is 11.7 Å². The van der Waals surface area contributed by atoms with Gasteiger partial charge >= 0.3 is 0 Å². The van der Waals surface area contributed by atoms with E-state index >= 15 is 0 Å². The number of sulfone groups is 1. The number of hydrogen-bond acceptors (Lipinski definition) is 4. The lowest BCUT2D eigenvalue weighted by molar-refractivity contribution is 0.332. The van der Waals surface area contributed by atoms with Crippen LogP contribution < -0.4 is 11.3 Å². The number of nitrogens with zero attached hydrogens (tertiary/aromatic N) is 1. The van der Waals surface area contributed by atoms with Crippen LogP contribution in [-0.4, -0.2) is 24.8 Å². The van der Waals surface area contributed by atoms with Gasteiger partial charge in [0.1, 0.15) is 0 Å². The third-order valence-electron chi connectivity index (χ3n) is 4.70. The lowest BCUT2D eigenvalue weighted by atomic mass is 9.86. The molecule has 1 aromatic carbocycles. The van der Waals surface area contributed by atoms with Crippen molar-refractivity contribution in [2.45, 2.75) is 36.6 Å². The fourth-order valence-electron chi connectivity index (χ4n) is 3.28. The highest BCUT2D eigenvalue weighted by Crippen LogP contribution is 2.26. The second-order valence-corrected chi connectivity index (χ2v) is 8.43. The van der Waals surface area contributed by atoms with Crippen LogP contribution in [0.25, 0.3) is 5.69 Å². The molecule has 6 heteroatoms. The van der Waals surface area contributed by atoms with Crippen LogP contribution in [0.4, 0.5) is 0 Å². The molecule has 5 nitrogen and oxygen atoms in total. The second-order valence-electron chi connectivity index (χ2n) is 6.39. The summed E-state index contributed by atoms with van der Waals surface area (Å²) < 4.78 is 26.8. The fraction of sp³-hybridized carbons (Fsp3) is 0.389. The van der Waals surface area contributed by atoms with Crippen LogP contribution in [0.1, 0.15) is 25.7 Å². The van der Waals surface area contributed by atoms with Crippen molar-refractivity contribution in [1.29, 1.82) is 0 Å². The number of rotatable bonds is 4. The van der Waals surface area contributed by atoms with E-state index in [1.807, 2.05) is 0 Å². The van der Waals surface area contributed by atoms with Crippen molar-refractivity contribution < 1.29 is 8.42 Å². The minimum atomic E-state index is -3.37. The van der Waals surface area contributed by atoms with Crippen LogP contribution >= 0.6 is 0 Å². The highest BCUT2D eigenvalue weighted by molar-refractivity contribution is 7.91. The van der Waals surface area contributed by atoms with E-state index in [1.54, 1.807) is 42.6 Å². The van der Waals surface area contributed by atoms with Gasteiger partial charge in [0, 0.05) is 24.0 Å². The van der Waals surface area contributed by atoms with E-state index in [2.05, 4.69) is 0 Å². The summed E-state index contributed by atoms with van der Waals surface area (Å²) in [5.41, 5.74) is 6.57. The Balaban J connectivity index is 1.82. The molecule has 1 aliphatic rings. The van der Waals surface area contributed by atoms with E-state index in [4.69, 9.17) is 5.73 Å². The van der Waals surface area contributed by atoms with Gasteiger partial charge in [0.2, 0.25) is 0 Å². The first kappa shape index (κ1) is 16.9. The third kappa shape index (κ3) is 3.60. The van der Waals surface area contributed by atoms with Gasteiger partial charge < -0.3 is 5.73 Å². The molecule has 1 aromatic heterocycles. The van der Waals surface area contributed by atoms with Crippen molar-refractivity contribution in [3.05, 3.63) is 59.0 Å². The first-order chi connectivity index (χ1) is 11.5. The molecule has 0 aliphatic heterocycles. The normalized spacial score (nSPS) is 21.5. The fourth-order valence-corrected chi connectivity index (χ4v) is 5.00. The maximum absolute atomic E-state index is 12.6. The Labute approximate surface area is 142 Å². The van der Waals surface area contributed by atoms with Crippen LogP contribution in [0.2, 0.25) is 0 Å². The molecule has 0 spiro atoms. The van der Waals surface area contributed by atoms with Gasteiger partial charge in [-0.1, -0.05) is 18.9 Å². The zero-order valence-electron chi connectivity index (χ0n) is 13.5. The maximum atomic E-state index is 12.6. The predicted octanol–water partition coefficient (Wildman–Crippen LogP) is 2.13. The molecule has 1 heterocycles. The minimum absolute atomic E-state index is 0.0279. The van der Waals surface area contributed by atoms with E-state index in [1.165, 1.54) is 10.6 Å². The average molecular weight is 346 g/mol. The van der Waals surface area contributed by atoms with Crippen molar-refractivity contribution in [1.82, 2.24) is 4.57 Å². The van der Waals surface area contributed by atoms with Crippen LogP contribution in [-0.2, 0) is 9.84 Å². The van der Waals surface area contributed by atoms with Crippen LogP contribution in [0.5, 0.6) is 0 Å². The van der Waals surface area contributed by atoms with Gasteiger partial charge in [-0.15, -0.1) is 0 Å². The lowest BCUT2D eigenvalue weighted by Crippen LogP contribution is -2.37. The summed E-state index contributed by atoms with van der Waals surface area (Å²) in [5.74, 6) is 0.124. The number of nitrogens with two attached hydrogens (primary N) is 1. The molecule has 2 atom stereocenters. The Hall–Kier alpha value is -1.92. The number of pyridine rings is 1. The van der Waals surface area contributed by atoms with E-state index in [-0.39, 0.29) is 28.2 Å². The average Bonchev–Trinajstić information content (AvgIpc) is 2.57. The molecule has 0 unspecified atom stereocenters. The summed E-state index contributed by atoms with van der Waals surface area (Å²) >= 11 is 0. The molecule has 1 fully saturated rings. The van der Waals surface area contributed by atoms with Gasteiger partial charge in [-0.2, -0.15) is 0 Å². The highest BCUT2D eigenvalue weighted by Gasteiger charge is 2.28. The molecule has 1 aliphatic carbocycles. The summed E-state index contributed by atoms with van der Waals surface area (Å²) in [6.07, 6.45) is 5.56. The standard InChI is InChI=1S/C18H22N2O3S/c19-17-6-2-1-5-14(17)13-24(22,23)16-10-8-15(9-11-16)20-12-4-3-7-18(20)21/h3-4,7-12,14,17H,1-2,5-6,13,19H2/t14-,17-/m0/s1. The van der Waals surface area contributed by atoms with Crippen LogP contribution in [0.15, 0.2) is 58.4 Å². The Bertz CT molecular complexity index is 856. The quantitative estimate of drug-likeness (QED) is 0.919. The van der Waals surface area contributed by atoms with E-state index in [9.17, 15) is 13.2 Å². The van der Waals surface area contributed by atoms with Gasteiger partial charge in [-0.05, 0) is 49.1 Å². The van der Waals surface area contributed by atoms with Crippen molar-refractivity contribution >= 4 is 9.84 Å². The first-order valence-electron chi connectivity index (χ1n) is 8.24. The Morgan fingerprint density at radius 1 is 1.04 bits per heavy atom. The molecule has 0 bridgehead atoms.